The number of amides is 4. The molecule has 4 amide bonds. The molecule has 0 spiro atoms. The standard InChI is InChI=1S/C38H54N4O8.C3H8/c1-7-13-25(34(46)28(43)18-19-30(45)39-31(35(47)41(5)6)23-14-9-8-10-15-23)21-29(44)33-27-20-26(27)22-42(33)36(48)32(24-16-11-12-17-24)40-37(49)50-38(2,3)4;1-3-2/h8-10,14-15,24-27,31-33H,7,11-13,16-22H2,1-6H3,(H,39,45)(H,40,49);3H2,1-2H3/t25?,26-,27-,31-,32-,33-;/m0./s1. The summed E-state index contributed by atoms with van der Waals surface area (Å²) in [6, 6.07) is 6.30. The van der Waals surface area contributed by atoms with E-state index in [0.29, 0.717) is 24.9 Å². The molecule has 12 heteroatoms. The van der Waals surface area contributed by atoms with Gasteiger partial charge in [-0.15, -0.1) is 0 Å². The molecule has 0 aromatic heterocycles. The van der Waals surface area contributed by atoms with Gasteiger partial charge in [0.15, 0.2) is 11.6 Å². The zero-order chi connectivity index (χ0) is 39.5. The van der Waals surface area contributed by atoms with Crippen molar-refractivity contribution >= 4 is 41.2 Å². The second-order valence-corrected chi connectivity index (χ2v) is 16.1. The molecule has 1 aromatic rings. The summed E-state index contributed by atoms with van der Waals surface area (Å²) in [6.45, 7) is 11.8. The molecule has 0 radical (unpaired) electrons. The number of fused-ring (bicyclic) bond motifs is 1. The highest BCUT2D eigenvalue weighted by molar-refractivity contribution is 6.38. The third-order valence-electron chi connectivity index (χ3n) is 10.0. The van der Waals surface area contributed by atoms with Crippen molar-refractivity contribution in [3.63, 3.8) is 0 Å². The minimum absolute atomic E-state index is 0.00332. The molecule has 6 atom stereocenters. The molecule has 1 saturated heterocycles. The smallest absolute Gasteiger partial charge is 0.408 e. The van der Waals surface area contributed by atoms with Crippen molar-refractivity contribution in [1.82, 2.24) is 20.4 Å². The molecule has 53 heavy (non-hydrogen) atoms. The van der Waals surface area contributed by atoms with Crippen molar-refractivity contribution in [3.8, 4) is 0 Å². The SMILES string of the molecule is CCC.CCCC(CC(=O)[C@@H]1[C@H]2C[C@H]2CN1C(=O)[C@@H](NC(=O)OC(C)(C)C)C1CCCC1)C(=O)C(=O)CCC(=O)N[C@H](C(=O)N(C)C)c1ccccc1. The Kier molecular flexibility index (Phi) is 16.2. The molecule has 2 saturated carbocycles. The van der Waals surface area contributed by atoms with E-state index >= 15 is 0 Å². The van der Waals surface area contributed by atoms with E-state index in [-0.39, 0.29) is 54.6 Å². The summed E-state index contributed by atoms with van der Waals surface area (Å²) in [6.07, 6.45) is 4.94. The highest BCUT2D eigenvalue weighted by Gasteiger charge is 2.58. The molecule has 4 rings (SSSR count). The van der Waals surface area contributed by atoms with E-state index in [9.17, 15) is 33.6 Å². The molecule has 1 unspecified atom stereocenters. The minimum atomic E-state index is -0.939. The lowest BCUT2D eigenvalue weighted by Crippen LogP contribution is -2.56. The molecule has 3 fully saturated rings. The summed E-state index contributed by atoms with van der Waals surface area (Å²) < 4.78 is 5.47. The van der Waals surface area contributed by atoms with Crippen LogP contribution in [0.3, 0.4) is 0 Å². The number of rotatable bonds is 16. The summed E-state index contributed by atoms with van der Waals surface area (Å²) in [7, 11) is 3.17. The Morgan fingerprint density at radius 3 is 2.11 bits per heavy atom. The van der Waals surface area contributed by atoms with Gasteiger partial charge in [0.25, 0.3) is 0 Å². The second-order valence-electron chi connectivity index (χ2n) is 16.1. The summed E-state index contributed by atoms with van der Waals surface area (Å²) in [5, 5.41) is 5.50. The van der Waals surface area contributed by atoms with E-state index in [1.165, 1.54) is 11.3 Å². The van der Waals surface area contributed by atoms with Crippen molar-refractivity contribution in [1.29, 1.82) is 0 Å². The van der Waals surface area contributed by atoms with Crippen molar-refractivity contribution in [3.05, 3.63) is 35.9 Å². The first kappa shape index (κ1) is 43.3. The van der Waals surface area contributed by atoms with E-state index in [1.54, 1.807) is 70.1 Å². The van der Waals surface area contributed by atoms with Gasteiger partial charge in [-0.2, -0.15) is 0 Å². The largest absolute Gasteiger partial charge is 0.444 e. The molecule has 1 aromatic carbocycles. The number of hydrogen-bond acceptors (Lipinski definition) is 8. The van der Waals surface area contributed by atoms with Crippen LogP contribution in [0.15, 0.2) is 30.3 Å². The molecule has 2 aliphatic carbocycles. The van der Waals surface area contributed by atoms with Gasteiger partial charge in [-0.1, -0.05) is 76.8 Å². The van der Waals surface area contributed by atoms with Crippen molar-refractivity contribution in [2.24, 2.45) is 23.7 Å². The number of ether oxygens (including phenoxy) is 1. The number of piperidine rings is 1. The normalized spacial score (nSPS) is 20.8. The third-order valence-corrected chi connectivity index (χ3v) is 10.0. The molecule has 1 heterocycles. The maximum absolute atomic E-state index is 14.1. The van der Waals surface area contributed by atoms with Gasteiger partial charge in [0.1, 0.15) is 17.7 Å². The third kappa shape index (κ3) is 12.5. The number of hydrogen-bond donors (Lipinski definition) is 2. The first-order valence-corrected chi connectivity index (χ1v) is 19.5. The van der Waals surface area contributed by atoms with E-state index in [2.05, 4.69) is 24.5 Å². The zero-order valence-corrected chi connectivity index (χ0v) is 33.1. The topological polar surface area (TPSA) is 159 Å². The van der Waals surface area contributed by atoms with Crippen LogP contribution in [0.5, 0.6) is 0 Å². The Labute approximate surface area is 315 Å². The van der Waals surface area contributed by atoms with Gasteiger partial charge >= 0.3 is 6.09 Å². The van der Waals surface area contributed by atoms with Crippen LogP contribution in [0.25, 0.3) is 0 Å². The number of benzene rings is 1. The van der Waals surface area contributed by atoms with Crippen LogP contribution in [-0.2, 0) is 33.5 Å². The van der Waals surface area contributed by atoms with Gasteiger partial charge in [-0.05, 0) is 69.8 Å². The van der Waals surface area contributed by atoms with Gasteiger partial charge < -0.3 is 25.2 Å². The number of likely N-dealkylation sites (N-methyl/N-ethyl adjacent to an activating group) is 1. The Morgan fingerprint density at radius 2 is 1.55 bits per heavy atom. The maximum atomic E-state index is 14.1. The number of nitrogens with zero attached hydrogens (tertiary/aromatic N) is 2. The number of alkyl carbamates (subject to hydrolysis) is 1. The highest BCUT2D eigenvalue weighted by atomic mass is 16.6. The summed E-state index contributed by atoms with van der Waals surface area (Å²) in [4.78, 5) is 96.0. The zero-order valence-electron chi connectivity index (χ0n) is 33.1. The number of Topliss-reactive ketones (excluding diaryl/α,β-unsaturated/α-hetero) is 3. The van der Waals surface area contributed by atoms with Gasteiger partial charge in [-0.25, -0.2) is 4.79 Å². The quantitative estimate of drug-likeness (QED) is 0.208. The van der Waals surface area contributed by atoms with Crippen LogP contribution < -0.4 is 10.6 Å². The van der Waals surface area contributed by atoms with Gasteiger partial charge in [0.05, 0.1) is 6.04 Å². The van der Waals surface area contributed by atoms with Crippen LogP contribution >= 0.6 is 0 Å². The fourth-order valence-corrected chi connectivity index (χ4v) is 7.43. The first-order chi connectivity index (χ1) is 25.0. The monoisotopic (exact) mass is 738 g/mol. The summed E-state index contributed by atoms with van der Waals surface area (Å²) >= 11 is 0. The van der Waals surface area contributed by atoms with Crippen molar-refractivity contribution in [2.45, 2.75) is 136 Å². The number of likely N-dealkylation sites (tertiary alicyclic amines) is 1. The average molecular weight is 739 g/mol. The molecule has 12 nitrogen and oxygen atoms in total. The van der Waals surface area contributed by atoms with E-state index in [4.69, 9.17) is 4.74 Å². The lowest BCUT2D eigenvalue weighted by molar-refractivity contribution is -0.144. The molecule has 0 bridgehead atoms. The van der Waals surface area contributed by atoms with Crippen LogP contribution in [0, 0.1) is 23.7 Å². The summed E-state index contributed by atoms with van der Waals surface area (Å²) in [5.74, 6) is -3.60. The van der Waals surface area contributed by atoms with Crippen LogP contribution in [-0.4, -0.2) is 89.3 Å². The van der Waals surface area contributed by atoms with E-state index in [0.717, 1.165) is 32.1 Å². The lowest BCUT2D eigenvalue weighted by atomic mass is 9.87. The highest BCUT2D eigenvalue weighted by Crippen LogP contribution is 2.51. The average Bonchev–Trinajstić information content (AvgIpc) is 3.46. The lowest BCUT2D eigenvalue weighted by Gasteiger charge is -2.34. The number of carbonyl (C=O) groups excluding carboxylic acids is 7. The molecule has 294 valence electrons. The number of nitrogens with one attached hydrogen (secondary N) is 2. The van der Waals surface area contributed by atoms with Crippen LogP contribution in [0.2, 0.25) is 0 Å². The molecule has 2 N–H and O–H groups in total. The predicted octanol–water partition coefficient (Wildman–Crippen LogP) is 5.57. The molecular weight excluding hydrogens is 676 g/mol. The minimum Gasteiger partial charge on any atom is -0.444 e. The van der Waals surface area contributed by atoms with E-state index in [1.807, 2.05) is 6.92 Å². The van der Waals surface area contributed by atoms with Gasteiger partial charge in [0.2, 0.25) is 23.5 Å². The Morgan fingerprint density at radius 1 is 0.925 bits per heavy atom. The first-order valence-electron chi connectivity index (χ1n) is 19.5. The van der Waals surface area contributed by atoms with Crippen LogP contribution in [0.1, 0.15) is 124 Å². The molecular formula is C41H62N4O8. The number of ketones is 3. The maximum Gasteiger partial charge on any atom is 0.408 e. The second kappa shape index (κ2) is 19.8. The summed E-state index contributed by atoms with van der Waals surface area (Å²) in [5.41, 5.74) is -0.144. The number of carbonyl (C=O) groups is 7. The fraction of sp³-hybridized carbons (Fsp3) is 0.683. The van der Waals surface area contributed by atoms with Crippen molar-refractivity contribution in [2.75, 3.05) is 20.6 Å². The molecule has 1 aliphatic heterocycles. The van der Waals surface area contributed by atoms with Gasteiger partial charge in [-0.3, -0.25) is 28.8 Å². The Bertz CT molecular complexity index is 1450. The Balaban J connectivity index is 0.00000243. The van der Waals surface area contributed by atoms with E-state index < -0.39 is 53.2 Å². The Hall–Kier alpha value is -4.09. The fourth-order valence-electron chi connectivity index (χ4n) is 7.43. The van der Waals surface area contributed by atoms with Gasteiger partial charge in [0, 0.05) is 45.8 Å². The predicted molar refractivity (Wildman–Crippen MR) is 201 cm³/mol. The van der Waals surface area contributed by atoms with Crippen molar-refractivity contribution < 1.29 is 38.3 Å². The van der Waals surface area contributed by atoms with Crippen LogP contribution in [0.4, 0.5) is 4.79 Å². The molecule has 3 aliphatic rings.